The normalized spacial score (nSPS) is 14.5. The van der Waals surface area contributed by atoms with E-state index in [0.717, 1.165) is 31.0 Å². The van der Waals surface area contributed by atoms with Crippen LogP contribution in [0.5, 0.6) is 0 Å². The fraction of sp³-hybridized carbons (Fsp3) is 0.294. The number of nitrogens with one attached hydrogen (secondary N) is 1. The lowest BCUT2D eigenvalue weighted by atomic mass is 10.3. The summed E-state index contributed by atoms with van der Waals surface area (Å²) in [5.74, 6) is 0.193. The van der Waals surface area contributed by atoms with Crippen molar-refractivity contribution < 1.29 is 17.2 Å². The van der Waals surface area contributed by atoms with Gasteiger partial charge in [-0.1, -0.05) is 11.6 Å². The minimum absolute atomic E-state index is 0.0282. The molecule has 0 amide bonds. The first-order valence-electron chi connectivity index (χ1n) is 8.55. The van der Waals surface area contributed by atoms with Crippen LogP contribution in [-0.2, 0) is 16.6 Å². The maximum Gasteiger partial charge on any atom is 0.346 e. The number of rotatable bonds is 7. The molecule has 11 heteroatoms. The first kappa shape index (κ1) is 18.9. The largest absolute Gasteiger partial charge is 0.461 e. The molecule has 0 aliphatic heterocycles. The van der Waals surface area contributed by atoms with Gasteiger partial charge in [0.1, 0.15) is 5.82 Å². The summed E-state index contributed by atoms with van der Waals surface area (Å²) in [5, 5.41) is 4.01. The second kappa shape index (κ2) is 7.19. The van der Waals surface area contributed by atoms with Gasteiger partial charge in [0.25, 0.3) is 0 Å². The Morgan fingerprint density at radius 3 is 2.75 bits per heavy atom. The van der Waals surface area contributed by atoms with Crippen molar-refractivity contribution in [3.8, 4) is 11.6 Å². The van der Waals surface area contributed by atoms with Gasteiger partial charge < -0.3 is 4.42 Å². The van der Waals surface area contributed by atoms with Crippen molar-refractivity contribution >= 4 is 21.6 Å². The van der Waals surface area contributed by atoms with Crippen molar-refractivity contribution in [1.29, 1.82) is 0 Å². The second-order valence-corrected chi connectivity index (χ2v) is 8.56. The Morgan fingerprint density at radius 1 is 1.32 bits per heavy atom. The number of benzene rings is 1. The second-order valence-electron chi connectivity index (χ2n) is 6.38. The molecule has 0 atom stereocenters. The van der Waals surface area contributed by atoms with Gasteiger partial charge in [0.05, 0.1) is 22.7 Å². The summed E-state index contributed by atoms with van der Waals surface area (Å²) in [6.07, 6.45) is 3.27. The van der Waals surface area contributed by atoms with Crippen molar-refractivity contribution in [2.24, 2.45) is 0 Å². The van der Waals surface area contributed by atoms with Gasteiger partial charge in [-0.2, -0.15) is 0 Å². The molecule has 0 radical (unpaired) electrons. The molecule has 1 aromatic carbocycles. The Hall–Kier alpha value is -2.43. The van der Waals surface area contributed by atoms with Crippen LogP contribution in [-0.4, -0.2) is 29.3 Å². The van der Waals surface area contributed by atoms with E-state index in [1.807, 2.05) is 0 Å². The molecule has 1 N–H and O–H groups in total. The molecule has 0 bridgehead atoms. The quantitative estimate of drug-likeness (QED) is 0.625. The molecule has 0 spiro atoms. The topological polar surface area (TPSA) is 99.1 Å². The Kier molecular flexibility index (Phi) is 4.86. The van der Waals surface area contributed by atoms with Gasteiger partial charge in [0.2, 0.25) is 15.8 Å². The maximum atomic E-state index is 13.2. The third-order valence-electron chi connectivity index (χ3n) is 4.34. The van der Waals surface area contributed by atoms with Gasteiger partial charge in [0.15, 0.2) is 5.76 Å². The van der Waals surface area contributed by atoms with E-state index in [1.165, 1.54) is 10.9 Å². The third kappa shape index (κ3) is 3.62. The number of aromatic nitrogens is 3. The molecule has 0 saturated heterocycles. The van der Waals surface area contributed by atoms with Gasteiger partial charge >= 0.3 is 5.69 Å². The Labute approximate surface area is 164 Å². The lowest BCUT2D eigenvalue weighted by Crippen LogP contribution is -2.32. The summed E-state index contributed by atoms with van der Waals surface area (Å²) in [7, 11) is -3.90. The predicted molar refractivity (Wildman–Crippen MR) is 99.1 cm³/mol. The van der Waals surface area contributed by atoms with Crippen LogP contribution in [0.2, 0.25) is 5.02 Å². The van der Waals surface area contributed by atoms with Crippen LogP contribution in [0.3, 0.4) is 0 Å². The number of halogens is 2. The molecule has 1 aliphatic carbocycles. The highest BCUT2D eigenvalue weighted by atomic mass is 35.5. The first-order chi connectivity index (χ1) is 13.4. The molecule has 3 aromatic rings. The fourth-order valence-electron chi connectivity index (χ4n) is 2.81. The number of hydrogen-bond acceptors (Lipinski definition) is 5. The first-order valence-corrected chi connectivity index (χ1v) is 10.4. The van der Waals surface area contributed by atoms with E-state index in [-0.39, 0.29) is 34.7 Å². The van der Waals surface area contributed by atoms with Crippen LogP contribution in [0.1, 0.15) is 18.9 Å². The highest BCUT2D eigenvalue weighted by Gasteiger charge is 2.31. The van der Waals surface area contributed by atoms with E-state index in [9.17, 15) is 17.6 Å². The number of nitrogens with zero attached hydrogens (tertiary/aromatic N) is 3. The zero-order valence-corrected chi connectivity index (χ0v) is 16.1. The lowest BCUT2D eigenvalue weighted by Gasteiger charge is -2.07. The molecule has 1 saturated carbocycles. The molecule has 28 heavy (non-hydrogen) atoms. The molecule has 2 aromatic heterocycles. The Balaban J connectivity index is 1.52. The standard InChI is InChI=1S/C17H16ClFN4O4S/c18-13-10-12(5-6-14(13)19)28(25,26)20-7-8-22-17(24)23(11-3-4-11)16(21-22)15-2-1-9-27-15/h1-2,5-6,9-11,20H,3-4,7-8H2. The van der Waals surface area contributed by atoms with Gasteiger partial charge in [0, 0.05) is 12.6 Å². The van der Waals surface area contributed by atoms with E-state index in [1.54, 1.807) is 16.7 Å². The molecule has 0 unspecified atom stereocenters. The fourth-order valence-corrected chi connectivity index (χ4v) is 4.11. The molecule has 148 valence electrons. The summed E-state index contributed by atoms with van der Waals surface area (Å²) in [6.45, 7) is -0.0447. The van der Waals surface area contributed by atoms with Crippen molar-refractivity contribution in [3.63, 3.8) is 0 Å². The van der Waals surface area contributed by atoms with Crippen LogP contribution in [0.15, 0.2) is 50.7 Å². The van der Waals surface area contributed by atoms with E-state index >= 15 is 0 Å². The average Bonchev–Trinajstić information content (AvgIpc) is 3.22. The van der Waals surface area contributed by atoms with Crippen LogP contribution in [0.4, 0.5) is 4.39 Å². The summed E-state index contributed by atoms with van der Waals surface area (Å²) >= 11 is 5.64. The molecule has 1 aliphatic rings. The smallest absolute Gasteiger partial charge is 0.346 e. The summed E-state index contributed by atoms with van der Waals surface area (Å²) in [6, 6.07) is 6.63. The highest BCUT2D eigenvalue weighted by Crippen LogP contribution is 2.36. The zero-order valence-electron chi connectivity index (χ0n) is 14.5. The average molecular weight is 427 g/mol. The van der Waals surface area contributed by atoms with Gasteiger partial charge in [-0.3, -0.25) is 4.57 Å². The van der Waals surface area contributed by atoms with Crippen molar-refractivity contribution in [3.05, 3.63) is 57.9 Å². The molecule has 8 nitrogen and oxygen atoms in total. The van der Waals surface area contributed by atoms with Crippen molar-refractivity contribution in [2.75, 3.05) is 6.54 Å². The molecule has 2 heterocycles. The SMILES string of the molecule is O=c1n(CCNS(=O)(=O)c2ccc(F)c(Cl)c2)nc(-c2ccco2)n1C1CC1. The van der Waals surface area contributed by atoms with E-state index in [4.69, 9.17) is 16.0 Å². The summed E-state index contributed by atoms with van der Waals surface area (Å²) < 4.78 is 48.4. The zero-order chi connectivity index (χ0) is 19.9. The monoisotopic (exact) mass is 426 g/mol. The third-order valence-corrected chi connectivity index (χ3v) is 6.09. The minimum Gasteiger partial charge on any atom is -0.461 e. The van der Waals surface area contributed by atoms with Gasteiger partial charge in [-0.15, -0.1) is 5.10 Å². The van der Waals surface area contributed by atoms with Gasteiger partial charge in [-0.25, -0.2) is 27.0 Å². The molecule has 1 fully saturated rings. The van der Waals surface area contributed by atoms with Crippen molar-refractivity contribution in [1.82, 2.24) is 19.1 Å². The number of furan rings is 1. The maximum absolute atomic E-state index is 13.2. The predicted octanol–water partition coefficient (Wildman–Crippen LogP) is 2.41. The van der Waals surface area contributed by atoms with Crippen LogP contribution in [0.25, 0.3) is 11.6 Å². The van der Waals surface area contributed by atoms with Crippen LogP contribution in [0, 0.1) is 5.82 Å². The minimum atomic E-state index is -3.90. The lowest BCUT2D eigenvalue weighted by molar-refractivity contribution is 0.546. The number of sulfonamides is 1. The Morgan fingerprint density at radius 2 is 2.11 bits per heavy atom. The highest BCUT2D eigenvalue weighted by molar-refractivity contribution is 7.89. The van der Waals surface area contributed by atoms with Crippen LogP contribution >= 0.6 is 11.6 Å². The molecule has 4 rings (SSSR count). The van der Waals surface area contributed by atoms with Crippen LogP contribution < -0.4 is 10.4 Å². The molecular weight excluding hydrogens is 411 g/mol. The van der Waals surface area contributed by atoms with E-state index < -0.39 is 15.8 Å². The Bertz CT molecular complexity index is 1170. The van der Waals surface area contributed by atoms with E-state index in [2.05, 4.69) is 9.82 Å². The van der Waals surface area contributed by atoms with E-state index in [0.29, 0.717) is 11.6 Å². The molecular formula is C17H16ClFN4O4S. The van der Waals surface area contributed by atoms with Crippen molar-refractivity contribution in [2.45, 2.75) is 30.3 Å². The summed E-state index contributed by atoms with van der Waals surface area (Å²) in [4.78, 5) is 12.5. The summed E-state index contributed by atoms with van der Waals surface area (Å²) in [5.41, 5.74) is -0.321. The number of hydrogen-bond donors (Lipinski definition) is 1. The van der Waals surface area contributed by atoms with Gasteiger partial charge in [-0.05, 0) is 43.2 Å².